The highest BCUT2D eigenvalue weighted by Crippen LogP contribution is 2.21. The summed E-state index contributed by atoms with van der Waals surface area (Å²) in [5.41, 5.74) is 3.68. The molecule has 84 valence electrons. The predicted octanol–water partition coefficient (Wildman–Crippen LogP) is 3.68. The van der Waals surface area contributed by atoms with E-state index < -0.39 is 0 Å². The average molecular weight is 233 g/mol. The van der Waals surface area contributed by atoms with Gasteiger partial charge in [-0.3, -0.25) is 0 Å². The summed E-state index contributed by atoms with van der Waals surface area (Å²) in [6.45, 7) is 2.95. The molecule has 0 bridgehead atoms. The Morgan fingerprint density at radius 2 is 2.19 bits per heavy atom. The van der Waals surface area contributed by atoms with Gasteiger partial charge in [-0.1, -0.05) is 0 Å². The standard InChI is InChI=1S/C13H15NOS/c1-10-7-12(15-2)3-4-13(10)14-8-11-5-6-16-9-11/h3-7,9,14H,8H2,1-2H3. The SMILES string of the molecule is COc1ccc(NCc2ccsc2)c(C)c1. The van der Waals surface area contributed by atoms with Crippen LogP contribution in [0.5, 0.6) is 5.75 Å². The summed E-state index contributed by atoms with van der Waals surface area (Å²) < 4.78 is 5.17. The molecule has 0 aliphatic carbocycles. The summed E-state index contributed by atoms with van der Waals surface area (Å²) in [6.07, 6.45) is 0. The molecule has 0 amide bonds. The zero-order chi connectivity index (χ0) is 11.4. The average Bonchev–Trinajstić information content (AvgIpc) is 2.80. The highest BCUT2D eigenvalue weighted by atomic mass is 32.1. The van der Waals surface area contributed by atoms with Crippen molar-refractivity contribution in [3.63, 3.8) is 0 Å². The van der Waals surface area contributed by atoms with Crippen molar-refractivity contribution in [2.75, 3.05) is 12.4 Å². The second-order valence-corrected chi connectivity index (χ2v) is 4.45. The maximum absolute atomic E-state index is 5.17. The minimum Gasteiger partial charge on any atom is -0.497 e. The number of hydrogen-bond donors (Lipinski definition) is 1. The van der Waals surface area contributed by atoms with Gasteiger partial charge in [0, 0.05) is 12.2 Å². The van der Waals surface area contributed by atoms with Gasteiger partial charge in [0.2, 0.25) is 0 Å². The number of benzene rings is 1. The number of aryl methyl sites for hydroxylation is 1. The molecule has 0 fully saturated rings. The molecule has 0 aliphatic heterocycles. The van der Waals surface area contributed by atoms with E-state index >= 15 is 0 Å². The zero-order valence-corrected chi connectivity index (χ0v) is 10.3. The normalized spacial score (nSPS) is 10.1. The van der Waals surface area contributed by atoms with E-state index in [0.29, 0.717) is 0 Å². The van der Waals surface area contributed by atoms with Crippen LogP contribution < -0.4 is 10.1 Å². The molecule has 2 aromatic rings. The van der Waals surface area contributed by atoms with Gasteiger partial charge in [-0.25, -0.2) is 0 Å². The molecule has 1 heterocycles. The van der Waals surface area contributed by atoms with Crippen LogP contribution in [0.15, 0.2) is 35.0 Å². The van der Waals surface area contributed by atoms with Crippen molar-refractivity contribution < 1.29 is 4.74 Å². The second-order valence-electron chi connectivity index (χ2n) is 3.67. The van der Waals surface area contributed by atoms with E-state index in [1.54, 1.807) is 18.4 Å². The van der Waals surface area contributed by atoms with Crippen molar-refractivity contribution in [1.82, 2.24) is 0 Å². The van der Waals surface area contributed by atoms with Crippen LogP contribution in [0.25, 0.3) is 0 Å². The number of thiophene rings is 1. The summed E-state index contributed by atoms with van der Waals surface area (Å²) in [7, 11) is 1.69. The third-order valence-electron chi connectivity index (χ3n) is 2.50. The Labute approximate surface area is 99.9 Å². The Morgan fingerprint density at radius 1 is 1.31 bits per heavy atom. The van der Waals surface area contributed by atoms with Gasteiger partial charge in [0.25, 0.3) is 0 Å². The van der Waals surface area contributed by atoms with E-state index in [1.807, 2.05) is 12.1 Å². The summed E-state index contributed by atoms with van der Waals surface area (Å²) in [5, 5.41) is 7.67. The van der Waals surface area contributed by atoms with Crippen LogP contribution in [0.2, 0.25) is 0 Å². The van der Waals surface area contributed by atoms with E-state index in [4.69, 9.17) is 4.74 Å². The first-order valence-corrected chi connectivity index (χ1v) is 6.13. The molecule has 1 aromatic heterocycles. The van der Waals surface area contributed by atoms with E-state index in [9.17, 15) is 0 Å². The lowest BCUT2D eigenvalue weighted by Crippen LogP contribution is -2.00. The molecule has 0 unspecified atom stereocenters. The smallest absolute Gasteiger partial charge is 0.119 e. The third-order valence-corrected chi connectivity index (χ3v) is 3.23. The Kier molecular flexibility index (Phi) is 3.47. The quantitative estimate of drug-likeness (QED) is 0.869. The molecule has 0 spiro atoms. The van der Waals surface area contributed by atoms with Gasteiger partial charge >= 0.3 is 0 Å². The number of nitrogens with one attached hydrogen (secondary N) is 1. The molecule has 1 aromatic carbocycles. The van der Waals surface area contributed by atoms with Gasteiger partial charge < -0.3 is 10.1 Å². The fourth-order valence-electron chi connectivity index (χ4n) is 1.55. The minimum atomic E-state index is 0.872. The van der Waals surface area contributed by atoms with Crippen LogP contribution in [0.1, 0.15) is 11.1 Å². The number of hydrogen-bond acceptors (Lipinski definition) is 3. The van der Waals surface area contributed by atoms with Crippen LogP contribution in [-0.4, -0.2) is 7.11 Å². The second kappa shape index (κ2) is 5.03. The molecule has 0 aliphatic rings. The van der Waals surface area contributed by atoms with Crippen LogP contribution in [0.4, 0.5) is 5.69 Å². The van der Waals surface area contributed by atoms with Crippen molar-refractivity contribution in [1.29, 1.82) is 0 Å². The first kappa shape index (κ1) is 11.0. The molecule has 2 nitrogen and oxygen atoms in total. The largest absolute Gasteiger partial charge is 0.497 e. The Hall–Kier alpha value is -1.48. The third kappa shape index (κ3) is 2.55. The monoisotopic (exact) mass is 233 g/mol. The van der Waals surface area contributed by atoms with Crippen LogP contribution in [0, 0.1) is 6.92 Å². The molecule has 16 heavy (non-hydrogen) atoms. The zero-order valence-electron chi connectivity index (χ0n) is 9.49. The predicted molar refractivity (Wildman–Crippen MR) is 69.4 cm³/mol. The lowest BCUT2D eigenvalue weighted by molar-refractivity contribution is 0.414. The number of rotatable bonds is 4. The summed E-state index contributed by atoms with van der Waals surface area (Å²) in [4.78, 5) is 0. The Morgan fingerprint density at radius 3 is 2.81 bits per heavy atom. The minimum absolute atomic E-state index is 0.872. The molecule has 0 saturated heterocycles. The molecule has 2 rings (SSSR count). The fraction of sp³-hybridized carbons (Fsp3) is 0.231. The summed E-state index contributed by atoms with van der Waals surface area (Å²) in [6, 6.07) is 8.20. The number of methoxy groups -OCH3 is 1. The van der Waals surface area contributed by atoms with Gasteiger partial charge in [-0.2, -0.15) is 11.3 Å². The first-order chi connectivity index (χ1) is 7.79. The van der Waals surface area contributed by atoms with Crippen molar-refractivity contribution in [3.8, 4) is 5.75 Å². The van der Waals surface area contributed by atoms with E-state index in [1.165, 1.54) is 11.1 Å². The molecule has 0 saturated carbocycles. The van der Waals surface area contributed by atoms with Crippen molar-refractivity contribution in [2.24, 2.45) is 0 Å². The summed E-state index contributed by atoms with van der Waals surface area (Å²) >= 11 is 1.72. The Balaban J connectivity index is 2.04. The number of ether oxygens (including phenoxy) is 1. The molecule has 0 radical (unpaired) electrons. The molecule has 3 heteroatoms. The van der Waals surface area contributed by atoms with Gasteiger partial charge in [0.05, 0.1) is 7.11 Å². The van der Waals surface area contributed by atoms with Crippen molar-refractivity contribution in [3.05, 3.63) is 46.2 Å². The lowest BCUT2D eigenvalue weighted by atomic mass is 10.2. The molecular weight excluding hydrogens is 218 g/mol. The van der Waals surface area contributed by atoms with E-state index in [0.717, 1.165) is 18.0 Å². The van der Waals surface area contributed by atoms with Gasteiger partial charge in [-0.15, -0.1) is 0 Å². The van der Waals surface area contributed by atoms with Gasteiger partial charge in [0.1, 0.15) is 5.75 Å². The summed E-state index contributed by atoms with van der Waals surface area (Å²) in [5.74, 6) is 0.901. The van der Waals surface area contributed by atoms with Crippen LogP contribution in [0.3, 0.4) is 0 Å². The van der Waals surface area contributed by atoms with Crippen molar-refractivity contribution >= 4 is 17.0 Å². The van der Waals surface area contributed by atoms with Gasteiger partial charge in [0.15, 0.2) is 0 Å². The first-order valence-electron chi connectivity index (χ1n) is 5.19. The van der Waals surface area contributed by atoms with Crippen molar-refractivity contribution in [2.45, 2.75) is 13.5 Å². The highest BCUT2D eigenvalue weighted by Gasteiger charge is 2.00. The lowest BCUT2D eigenvalue weighted by Gasteiger charge is -2.10. The molecule has 1 N–H and O–H groups in total. The highest BCUT2D eigenvalue weighted by molar-refractivity contribution is 7.07. The fourth-order valence-corrected chi connectivity index (χ4v) is 2.22. The topological polar surface area (TPSA) is 21.3 Å². The molecular formula is C13H15NOS. The molecule has 0 atom stereocenters. The number of anilines is 1. The van der Waals surface area contributed by atoms with Gasteiger partial charge in [-0.05, 0) is 53.1 Å². The van der Waals surface area contributed by atoms with E-state index in [-0.39, 0.29) is 0 Å². The maximum atomic E-state index is 5.17. The maximum Gasteiger partial charge on any atom is 0.119 e. The van der Waals surface area contributed by atoms with Crippen LogP contribution >= 0.6 is 11.3 Å². The Bertz CT molecular complexity index is 451. The van der Waals surface area contributed by atoms with E-state index in [2.05, 4.69) is 35.1 Å². The van der Waals surface area contributed by atoms with Crippen LogP contribution in [-0.2, 0) is 6.54 Å².